The van der Waals surface area contributed by atoms with Crippen molar-refractivity contribution in [3.63, 3.8) is 0 Å². The van der Waals surface area contributed by atoms with Crippen LogP contribution in [0.15, 0.2) is 76.0 Å². The maximum atomic E-state index is 5.64. The van der Waals surface area contributed by atoms with Gasteiger partial charge in [0.25, 0.3) is 0 Å². The van der Waals surface area contributed by atoms with Crippen LogP contribution < -0.4 is 24.8 Å². The zero-order valence-electron chi connectivity index (χ0n) is 15.7. The molecule has 2 aromatic rings. The van der Waals surface area contributed by atoms with Crippen LogP contribution in [0, 0.1) is 13.0 Å². The van der Waals surface area contributed by atoms with Crippen molar-refractivity contribution in [1.82, 2.24) is 0 Å². The van der Waals surface area contributed by atoms with Crippen LogP contribution in [-0.2, 0) is 26.2 Å². The van der Waals surface area contributed by atoms with Gasteiger partial charge in [-0.15, -0.1) is 11.6 Å². The molecular formula is C23H20Cl2OPZr. The van der Waals surface area contributed by atoms with E-state index in [1.807, 2.05) is 31.2 Å². The number of furan rings is 1. The zero-order valence-corrected chi connectivity index (χ0v) is 20.6. The van der Waals surface area contributed by atoms with Gasteiger partial charge in [0.2, 0.25) is 0 Å². The predicted molar refractivity (Wildman–Crippen MR) is 107 cm³/mol. The molecule has 0 saturated carbocycles. The summed E-state index contributed by atoms with van der Waals surface area (Å²) < 4.78 is 5.64. The smallest absolute Gasteiger partial charge is 1.00 e. The third-order valence-electron chi connectivity index (χ3n) is 4.53. The molecule has 1 aliphatic heterocycles. The van der Waals surface area contributed by atoms with Crippen molar-refractivity contribution in [1.29, 1.82) is 0 Å². The van der Waals surface area contributed by atoms with Crippen molar-refractivity contribution in [3.05, 3.63) is 100 Å². The van der Waals surface area contributed by atoms with E-state index in [-0.39, 0.29) is 56.9 Å². The van der Waals surface area contributed by atoms with E-state index in [9.17, 15) is 0 Å². The minimum atomic E-state index is 0. The Balaban J connectivity index is 0.000000269. The quantitative estimate of drug-likeness (QED) is 0.427. The molecular weight excluding hydrogens is 485 g/mol. The Morgan fingerprint density at radius 1 is 1.11 bits per heavy atom. The monoisotopic (exact) mass is 503 g/mol. The Kier molecular flexibility index (Phi) is 10.2. The fourth-order valence-electron chi connectivity index (χ4n) is 3.21. The van der Waals surface area contributed by atoms with E-state index in [0.717, 1.165) is 11.5 Å². The Bertz CT molecular complexity index is 966. The second kappa shape index (κ2) is 11.3. The summed E-state index contributed by atoms with van der Waals surface area (Å²) in [5.41, 5.74) is 3.96. The summed E-state index contributed by atoms with van der Waals surface area (Å²) in [6.45, 7) is 4.18. The maximum absolute atomic E-state index is 5.64. The van der Waals surface area contributed by atoms with Crippen LogP contribution in [-0.4, -0.2) is 5.29 Å². The average molecular weight is 506 g/mol. The summed E-state index contributed by atoms with van der Waals surface area (Å²) >= 11 is 0. The minimum absolute atomic E-state index is 0. The van der Waals surface area contributed by atoms with E-state index in [1.165, 1.54) is 36.6 Å². The van der Waals surface area contributed by atoms with Crippen molar-refractivity contribution < 1.29 is 55.4 Å². The van der Waals surface area contributed by atoms with Crippen LogP contribution in [0.25, 0.3) is 6.08 Å². The third-order valence-corrected chi connectivity index (χ3v) is 5.91. The molecule has 5 heteroatoms. The molecule has 0 saturated heterocycles. The Labute approximate surface area is 200 Å². The number of aryl methyl sites for hydroxylation is 1. The van der Waals surface area contributed by atoms with Crippen LogP contribution in [0.1, 0.15) is 41.9 Å². The van der Waals surface area contributed by atoms with E-state index in [4.69, 9.17) is 4.42 Å². The molecule has 1 radical (unpaired) electrons. The van der Waals surface area contributed by atoms with Gasteiger partial charge in [-0.3, -0.25) is 6.08 Å². The van der Waals surface area contributed by atoms with Gasteiger partial charge >= 0.3 is 26.2 Å². The second-order valence-electron chi connectivity index (χ2n) is 6.29. The normalized spacial score (nSPS) is 17.5. The molecule has 5 rings (SSSR count). The molecule has 141 valence electrons. The number of hydrogen-bond acceptors (Lipinski definition) is 1. The van der Waals surface area contributed by atoms with Gasteiger partial charge in [-0.05, 0) is 54.4 Å². The van der Waals surface area contributed by atoms with Crippen LogP contribution >= 0.6 is 8.20 Å². The zero-order chi connectivity index (χ0) is 17.2. The number of hydrogen-bond donors (Lipinski definition) is 0. The number of rotatable bonds is 2. The SMILES string of the molecule is CCC1=PC2=CC=CC2=C1.Cc1ccc(C2[C-]=Cc3ccccc32)o1.[Cl-].[Cl-].[Zr+3]. The topological polar surface area (TPSA) is 13.1 Å². The molecule has 0 amide bonds. The molecule has 2 aliphatic carbocycles. The van der Waals surface area contributed by atoms with Gasteiger partial charge in [0.15, 0.2) is 0 Å². The maximum Gasteiger partial charge on any atom is 3.00 e. The molecule has 1 atom stereocenters. The molecule has 1 unspecified atom stereocenters. The molecule has 1 nitrogen and oxygen atoms in total. The molecule has 28 heavy (non-hydrogen) atoms. The van der Waals surface area contributed by atoms with Crippen molar-refractivity contribution >= 4 is 19.6 Å². The van der Waals surface area contributed by atoms with Gasteiger partial charge in [0.05, 0.1) is 5.76 Å². The first kappa shape index (κ1) is 25.1. The fourth-order valence-corrected chi connectivity index (χ4v) is 4.31. The Morgan fingerprint density at radius 3 is 2.57 bits per heavy atom. The largest absolute Gasteiger partial charge is 3.00 e. The van der Waals surface area contributed by atoms with Crippen molar-refractivity contribution in [2.45, 2.75) is 26.2 Å². The van der Waals surface area contributed by atoms with Gasteiger partial charge < -0.3 is 29.2 Å². The number of allylic oxidation sites excluding steroid dienone is 7. The average Bonchev–Trinajstić information content (AvgIpc) is 3.37. The van der Waals surface area contributed by atoms with Gasteiger partial charge in [-0.25, -0.2) is 6.08 Å². The van der Waals surface area contributed by atoms with E-state index >= 15 is 0 Å². The first-order valence-corrected chi connectivity index (χ1v) is 9.56. The Hall–Kier alpha value is -0.907. The van der Waals surface area contributed by atoms with E-state index in [0.29, 0.717) is 0 Å². The summed E-state index contributed by atoms with van der Waals surface area (Å²) in [5, 5.41) is 3.03. The summed E-state index contributed by atoms with van der Waals surface area (Å²) in [6, 6.07) is 12.4. The third kappa shape index (κ3) is 5.37. The molecule has 1 aromatic heterocycles. The van der Waals surface area contributed by atoms with Gasteiger partial charge in [0, 0.05) is 5.31 Å². The van der Waals surface area contributed by atoms with Crippen molar-refractivity contribution in [2.24, 2.45) is 0 Å². The summed E-state index contributed by atoms with van der Waals surface area (Å²) in [7, 11) is 1.43. The predicted octanol–water partition coefficient (Wildman–Crippen LogP) is 0.464. The summed E-state index contributed by atoms with van der Waals surface area (Å²) in [6.07, 6.45) is 15.4. The van der Waals surface area contributed by atoms with Crippen LogP contribution in [0.2, 0.25) is 0 Å². The number of halogens is 2. The minimum Gasteiger partial charge on any atom is -1.00 e. The van der Waals surface area contributed by atoms with Crippen molar-refractivity contribution in [2.75, 3.05) is 0 Å². The molecule has 3 aliphatic rings. The van der Waals surface area contributed by atoms with Crippen LogP contribution in [0.4, 0.5) is 0 Å². The molecule has 0 bridgehead atoms. The molecule has 0 spiro atoms. The van der Waals surface area contributed by atoms with E-state index < -0.39 is 0 Å². The fraction of sp³-hybridized carbons (Fsp3) is 0.174. The standard InChI is InChI=1S/C14H11O.C9H9P.2ClH.Zr/c1-10-6-9-14(15-10)13-8-7-11-4-2-3-5-12(11)13;1-2-8-6-7-4-3-5-9(7)10-8;;;/h2-7,9,13H,1H3;3-6H,2H2,1H3;2*1H;/q-1;;;;+3/p-2. The van der Waals surface area contributed by atoms with Crippen LogP contribution in [0.5, 0.6) is 0 Å². The molecule has 0 fully saturated rings. The van der Waals surface area contributed by atoms with Gasteiger partial charge in [-0.1, -0.05) is 45.5 Å². The first-order chi connectivity index (χ1) is 12.2. The van der Waals surface area contributed by atoms with Crippen molar-refractivity contribution in [3.8, 4) is 0 Å². The molecule has 1 aromatic carbocycles. The second-order valence-corrected chi connectivity index (χ2v) is 7.57. The summed E-state index contributed by atoms with van der Waals surface area (Å²) in [4.78, 5) is 0. The van der Waals surface area contributed by atoms with E-state index in [1.54, 1.807) is 5.29 Å². The number of fused-ring (bicyclic) bond motifs is 2. The van der Waals surface area contributed by atoms with Gasteiger partial charge in [-0.2, -0.15) is 5.56 Å². The van der Waals surface area contributed by atoms with Gasteiger partial charge in [0.1, 0.15) is 5.76 Å². The summed E-state index contributed by atoms with van der Waals surface area (Å²) in [5.74, 6) is 2.11. The van der Waals surface area contributed by atoms with Crippen LogP contribution in [0.3, 0.4) is 0 Å². The first-order valence-electron chi connectivity index (χ1n) is 8.67. The number of benzene rings is 1. The molecule has 0 N–H and O–H groups in total. The van der Waals surface area contributed by atoms with E-state index in [2.05, 4.69) is 55.5 Å². The molecule has 2 heterocycles. The Morgan fingerprint density at radius 2 is 1.89 bits per heavy atom.